The molecule has 1 aliphatic carbocycles. The number of carbonyl (C=O) groups excluding carboxylic acids is 1. The van der Waals surface area contributed by atoms with Gasteiger partial charge in [-0.2, -0.15) is 0 Å². The number of ether oxygens (including phenoxy) is 1. The van der Waals surface area contributed by atoms with E-state index in [0.717, 1.165) is 38.3 Å². The molecule has 1 N–H and O–H groups in total. The summed E-state index contributed by atoms with van der Waals surface area (Å²) in [5, 5.41) is 3.26. The fourth-order valence-corrected chi connectivity index (χ4v) is 3.29. The summed E-state index contributed by atoms with van der Waals surface area (Å²) in [7, 11) is 0. The average molecular weight is 302 g/mol. The first-order valence-corrected chi connectivity index (χ1v) is 8.56. The third kappa shape index (κ3) is 4.01. The monoisotopic (exact) mass is 302 g/mol. The molecular formula is C18H26N2O2. The first kappa shape index (κ1) is 15.3. The Bertz CT molecular complexity index is 510. The van der Waals surface area contributed by atoms with Crippen molar-refractivity contribution in [2.24, 2.45) is 0 Å². The summed E-state index contributed by atoms with van der Waals surface area (Å²) < 4.78 is 5.83. The van der Waals surface area contributed by atoms with Gasteiger partial charge in [-0.15, -0.1) is 0 Å². The molecular weight excluding hydrogens is 276 g/mol. The van der Waals surface area contributed by atoms with Crippen LogP contribution in [0.1, 0.15) is 36.8 Å². The van der Waals surface area contributed by atoms with E-state index in [4.69, 9.17) is 4.74 Å². The van der Waals surface area contributed by atoms with Crippen LogP contribution in [0.5, 0.6) is 5.75 Å². The summed E-state index contributed by atoms with van der Waals surface area (Å²) in [5.41, 5.74) is 2.92. The van der Waals surface area contributed by atoms with Crippen molar-refractivity contribution in [2.75, 3.05) is 32.8 Å². The van der Waals surface area contributed by atoms with Crippen molar-refractivity contribution < 1.29 is 9.53 Å². The van der Waals surface area contributed by atoms with Crippen LogP contribution in [0.2, 0.25) is 0 Å². The summed E-state index contributed by atoms with van der Waals surface area (Å²) in [6, 6.07) is 6.46. The molecule has 1 saturated heterocycles. The lowest BCUT2D eigenvalue weighted by molar-refractivity contribution is -0.132. The Hall–Kier alpha value is -1.55. The molecule has 120 valence electrons. The number of rotatable bonds is 5. The van der Waals surface area contributed by atoms with Crippen molar-refractivity contribution >= 4 is 5.91 Å². The number of hydrogen-bond acceptors (Lipinski definition) is 3. The van der Waals surface area contributed by atoms with E-state index in [1.54, 1.807) is 0 Å². The molecule has 0 saturated carbocycles. The lowest BCUT2D eigenvalue weighted by Gasteiger charge is -2.27. The van der Waals surface area contributed by atoms with Crippen LogP contribution in [0.25, 0.3) is 0 Å². The van der Waals surface area contributed by atoms with Crippen LogP contribution in [0.4, 0.5) is 0 Å². The molecule has 1 aromatic carbocycles. The van der Waals surface area contributed by atoms with Crippen molar-refractivity contribution in [1.29, 1.82) is 0 Å². The van der Waals surface area contributed by atoms with E-state index in [-0.39, 0.29) is 5.91 Å². The van der Waals surface area contributed by atoms with Gasteiger partial charge in [0, 0.05) is 32.6 Å². The SMILES string of the molecule is O=C(CCCOc1ccc2c(c1)CCCC2)N1CCNCC1. The molecule has 2 aliphatic rings. The highest BCUT2D eigenvalue weighted by Gasteiger charge is 2.15. The van der Waals surface area contributed by atoms with Crippen molar-refractivity contribution in [3.05, 3.63) is 29.3 Å². The molecule has 1 heterocycles. The van der Waals surface area contributed by atoms with Gasteiger partial charge in [-0.05, 0) is 55.4 Å². The normalized spacial score (nSPS) is 17.9. The molecule has 1 amide bonds. The summed E-state index contributed by atoms with van der Waals surface area (Å²) in [6.45, 7) is 4.13. The van der Waals surface area contributed by atoms with Crippen LogP contribution in [-0.2, 0) is 17.6 Å². The molecule has 4 heteroatoms. The fraction of sp³-hybridized carbons (Fsp3) is 0.611. The molecule has 1 aliphatic heterocycles. The molecule has 0 aromatic heterocycles. The fourth-order valence-electron chi connectivity index (χ4n) is 3.29. The lowest BCUT2D eigenvalue weighted by Crippen LogP contribution is -2.46. The van der Waals surface area contributed by atoms with Gasteiger partial charge in [-0.3, -0.25) is 4.79 Å². The Kier molecular flexibility index (Phi) is 5.33. The second kappa shape index (κ2) is 7.63. The van der Waals surface area contributed by atoms with Crippen LogP contribution in [-0.4, -0.2) is 43.6 Å². The maximum atomic E-state index is 12.0. The van der Waals surface area contributed by atoms with Gasteiger partial charge in [0.25, 0.3) is 0 Å². The second-order valence-corrected chi connectivity index (χ2v) is 6.22. The Morgan fingerprint density at radius 2 is 1.91 bits per heavy atom. The highest BCUT2D eigenvalue weighted by molar-refractivity contribution is 5.76. The van der Waals surface area contributed by atoms with E-state index in [9.17, 15) is 4.79 Å². The third-order valence-electron chi connectivity index (χ3n) is 4.59. The minimum absolute atomic E-state index is 0.260. The summed E-state index contributed by atoms with van der Waals surface area (Å²) in [4.78, 5) is 14.0. The number of benzene rings is 1. The maximum absolute atomic E-state index is 12.0. The zero-order valence-corrected chi connectivity index (χ0v) is 13.3. The van der Waals surface area contributed by atoms with Gasteiger partial charge in [-0.25, -0.2) is 0 Å². The number of hydrogen-bond donors (Lipinski definition) is 1. The second-order valence-electron chi connectivity index (χ2n) is 6.22. The summed E-state index contributed by atoms with van der Waals surface area (Å²) in [6.07, 6.45) is 6.35. The molecule has 3 rings (SSSR count). The van der Waals surface area contributed by atoms with Gasteiger partial charge >= 0.3 is 0 Å². The first-order chi connectivity index (χ1) is 10.8. The number of nitrogens with one attached hydrogen (secondary N) is 1. The van der Waals surface area contributed by atoms with E-state index >= 15 is 0 Å². The van der Waals surface area contributed by atoms with Crippen LogP contribution in [0.3, 0.4) is 0 Å². The Morgan fingerprint density at radius 1 is 1.14 bits per heavy atom. The third-order valence-corrected chi connectivity index (χ3v) is 4.59. The molecule has 0 unspecified atom stereocenters. The summed E-state index contributed by atoms with van der Waals surface area (Å²) in [5.74, 6) is 1.21. The van der Waals surface area contributed by atoms with E-state index in [0.29, 0.717) is 13.0 Å². The van der Waals surface area contributed by atoms with E-state index < -0.39 is 0 Å². The van der Waals surface area contributed by atoms with Crippen LogP contribution >= 0.6 is 0 Å². The predicted octanol–water partition coefficient (Wildman–Crippen LogP) is 2.16. The van der Waals surface area contributed by atoms with Crippen LogP contribution in [0, 0.1) is 0 Å². The number of amides is 1. The number of aryl methyl sites for hydroxylation is 2. The van der Waals surface area contributed by atoms with Gasteiger partial charge in [0.15, 0.2) is 0 Å². The van der Waals surface area contributed by atoms with Gasteiger partial charge < -0.3 is 15.0 Å². The van der Waals surface area contributed by atoms with E-state index in [2.05, 4.69) is 23.5 Å². The Balaban J connectivity index is 1.40. The molecule has 22 heavy (non-hydrogen) atoms. The number of piperazine rings is 1. The van der Waals surface area contributed by atoms with Gasteiger partial charge in [0.2, 0.25) is 5.91 Å². The first-order valence-electron chi connectivity index (χ1n) is 8.56. The quantitative estimate of drug-likeness (QED) is 0.848. The molecule has 1 aromatic rings. The molecule has 0 radical (unpaired) electrons. The van der Waals surface area contributed by atoms with Crippen molar-refractivity contribution in [1.82, 2.24) is 10.2 Å². The predicted molar refractivity (Wildman–Crippen MR) is 87.3 cm³/mol. The standard InChI is InChI=1S/C18H26N2O2/c21-18(20-11-9-19-10-12-20)6-3-13-22-17-8-7-15-4-1-2-5-16(15)14-17/h7-8,14,19H,1-6,9-13H2. The summed E-state index contributed by atoms with van der Waals surface area (Å²) >= 11 is 0. The molecule has 1 fully saturated rings. The highest BCUT2D eigenvalue weighted by Crippen LogP contribution is 2.25. The average Bonchev–Trinajstić information content (AvgIpc) is 2.59. The topological polar surface area (TPSA) is 41.6 Å². The molecule has 0 spiro atoms. The van der Waals surface area contributed by atoms with Gasteiger partial charge in [0.1, 0.15) is 5.75 Å². The molecule has 0 atom stereocenters. The van der Waals surface area contributed by atoms with Crippen molar-refractivity contribution in [3.8, 4) is 5.75 Å². The number of nitrogens with zero attached hydrogens (tertiary/aromatic N) is 1. The molecule has 4 nitrogen and oxygen atoms in total. The number of carbonyl (C=O) groups is 1. The largest absolute Gasteiger partial charge is 0.494 e. The smallest absolute Gasteiger partial charge is 0.222 e. The van der Waals surface area contributed by atoms with Gasteiger partial charge in [0.05, 0.1) is 6.61 Å². The van der Waals surface area contributed by atoms with E-state index in [1.165, 1.54) is 36.8 Å². The van der Waals surface area contributed by atoms with Crippen molar-refractivity contribution in [3.63, 3.8) is 0 Å². The van der Waals surface area contributed by atoms with Crippen LogP contribution in [0.15, 0.2) is 18.2 Å². The minimum Gasteiger partial charge on any atom is -0.494 e. The Morgan fingerprint density at radius 3 is 2.73 bits per heavy atom. The Labute approximate surface area is 132 Å². The number of fused-ring (bicyclic) bond motifs is 1. The van der Waals surface area contributed by atoms with Gasteiger partial charge in [-0.1, -0.05) is 6.07 Å². The van der Waals surface area contributed by atoms with Crippen LogP contribution < -0.4 is 10.1 Å². The minimum atomic E-state index is 0.260. The highest BCUT2D eigenvalue weighted by atomic mass is 16.5. The zero-order valence-electron chi connectivity index (χ0n) is 13.3. The zero-order chi connectivity index (χ0) is 15.2. The lowest BCUT2D eigenvalue weighted by atomic mass is 9.92. The van der Waals surface area contributed by atoms with E-state index in [1.807, 2.05) is 4.90 Å². The maximum Gasteiger partial charge on any atom is 0.222 e. The van der Waals surface area contributed by atoms with Crippen molar-refractivity contribution in [2.45, 2.75) is 38.5 Å². The molecule has 0 bridgehead atoms.